The minimum atomic E-state index is -0.278. The molecule has 0 radical (unpaired) electrons. The van der Waals surface area contributed by atoms with Gasteiger partial charge in [0.25, 0.3) is 5.91 Å². The van der Waals surface area contributed by atoms with Crippen molar-refractivity contribution in [1.29, 1.82) is 0 Å². The molecular formula is C13H13N3O2. The first kappa shape index (κ1) is 12.0. The van der Waals surface area contributed by atoms with E-state index in [9.17, 15) is 4.79 Å². The zero-order valence-corrected chi connectivity index (χ0v) is 10.2. The van der Waals surface area contributed by atoms with E-state index in [0.29, 0.717) is 17.0 Å². The number of rotatable bonds is 3. The Morgan fingerprint density at radius 1 is 1.28 bits per heavy atom. The summed E-state index contributed by atoms with van der Waals surface area (Å²) in [5, 5.41) is 3.99. The van der Waals surface area contributed by atoms with Gasteiger partial charge >= 0.3 is 0 Å². The number of amides is 1. The number of nitrogens with one attached hydrogen (secondary N) is 1. The molecule has 0 unspecified atom stereocenters. The predicted molar refractivity (Wildman–Crippen MR) is 67.4 cm³/mol. The summed E-state index contributed by atoms with van der Waals surface area (Å²) in [4.78, 5) is 15.6. The van der Waals surface area contributed by atoms with Crippen molar-refractivity contribution in [3.63, 3.8) is 0 Å². The van der Waals surface area contributed by atoms with E-state index in [-0.39, 0.29) is 5.91 Å². The van der Waals surface area contributed by atoms with Crippen LogP contribution in [0.2, 0.25) is 0 Å². The average Bonchev–Trinajstić information content (AvgIpc) is 2.83. The van der Waals surface area contributed by atoms with Gasteiger partial charge in [-0.3, -0.25) is 9.78 Å². The molecule has 0 aliphatic heterocycles. The van der Waals surface area contributed by atoms with Gasteiger partial charge in [0.05, 0.1) is 0 Å². The Kier molecular flexibility index (Phi) is 3.52. The lowest BCUT2D eigenvalue weighted by molar-refractivity contribution is 0.0954. The van der Waals surface area contributed by atoms with Crippen LogP contribution in [0.5, 0.6) is 0 Å². The molecule has 0 saturated heterocycles. The van der Waals surface area contributed by atoms with Crippen molar-refractivity contribution in [2.24, 2.45) is 5.10 Å². The summed E-state index contributed by atoms with van der Waals surface area (Å²) in [5.74, 6) is 1.17. The van der Waals surface area contributed by atoms with Crippen molar-refractivity contribution >= 4 is 11.6 Å². The SMILES string of the molecule is C/C(=N\NC(=O)c1ccncc1)c1ccc(C)o1. The minimum Gasteiger partial charge on any atom is -0.460 e. The maximum absolute atomic E-state index is 11.7. The summed E-state index contributed by atoms with van der Waals surface area (Å²) < 4.78 is 5.39. The van der Waals surface area contributed by atoms with Gasteiger partial charge in [0.15, 0.2) is 0 Å². The van der Waals surface area contributed by atoms with Crippen LogP contribution >= 0.6 is 0 Å². The van der Waals surface area contributed by atoms with E-state index in [0.717, 1.165) is 5.76 Å². The number of nitrogens with zero attached hydrogens (tertiary/aromatic N) is 2. The molecule has 2 heterocycles. The largest absolute Gasteiger partial charge is 0.460 e. The molecule has 1 amide bonds. The van der Waals surface area contributed by atoms with Gasteiger partial charge < -0.3 is 4.42 Å². The Labute approximate surface area is 105 Å². The number of aryl methyl sites for hydroxylation is 1. The molecule has 18 heavy (non-hydrogen) atoms. The van der Waals surface area contributed by atoms with Gasteiger partial charge in [-0.1, -0.05) is 0 Å². The van der Waals surface area contributed by atoms with E-state index in [1.165, 1.54) is 0 Å². The third-order valence-corrected chi connectivity index (χ3v) is 2.36. The van der Waals surface area contributed by atoms with Gasteiger partial charge in [-0.15, -0.1) is 0 Å². The lowest BCUT2D eigenvalue weighted by Crippen LogP contribution is -2.19. The first-order chi connectivity index (χ1) is 8.66. The second-order valence-electron chi connectivity index (χ2n) is 3.78. The smallest absolute Gasteiger partial charge is 0.271 e. The Balaban J connectivity index is 2.05. The zero-order chi connectivity index (χ0) is 13.0. The van der Waals surface area contributed by atoms with Gasteiger partial charge in [-0.05, 0) is 38.1 Å². The van der Waals surface area contributed by atoms with Crippen LogP contribution < -0.4 is 5.43 Å². The van der Waals surface area contributed by atoms with Crippen molar-refractivity contribution in [2.75, 3.05) is 0 Å². The fourth-order valence-corrected chi connectivity index (χ4v) is 1.39. The highest BCUT2D eigenvalue weighted by Crippen LogP contribution is 2.07. The first-order valence-electron chi connectivity index (χ1n) is 5.48. The highest BCUT2D eigenvalue weighted by Gasteiger charge is 2.05. The topological polar surface area (TPSA) is 67.5 Å². The normalized spacial score (nSPS) is 11.3. The predicted octanol–water partition coefficient (Wildman–Crippen LogP) is 2.14. The summed E-state index contributed by atoms with van der Waals surface area (Å²) in [5.41, 5.74) is 3.60. The Morgan fingerprint density at radius 3 is 2.61 bits per heavy atom. The van der Waals surface area contributed by atoms with E-state index < -0.39 is 0 Å². The molecule has 5 nitrogen and oxygen atoms in total. The van der Waals surface area contributed by atoms with Gasteiger partial charge in [0.2, 0.25) is 0 Å². The minimum absolute atomic E-state index is 0.278. The van der Waals surface area contributed by atoms with Crippen molar-refractivity contribution in [2.45, 2.75) is 13.8 Å². The molecule has 2 aromatic rings. The zero-order valence-electron chi connectivity index (χ0n) is 10.2. The van der Waals surface area contributed by atoms with Crippen LogP contribution in [0.1, 0.15) is 28.8 Å². The summed E-state index contributed by atoms with van der Waals surface area (Å²) in [7, 11) is 0. The number of furan rings is 1. The van der Waals surface area contributed by atoms with E-state index in [4.69, 9.17) is 4.42 Å². The number of aromatic nitrogens is 1. The Bertz CT molecular complexity index is 573. The highest BCUT2D eigenvalue weighted by molar-refractivity contribution is 5.99. The van der Waals surface area contributed by atoms with Gasteiger partial charge in [0.1, 0.15) is 17.2 Å². The number of hydrogen-bond donors (Lipinski definition) is 1. The molecule has 92 valence electrons. The molecule has 2 aromatic heterocycles. The number of pyridine rings is 1. The summed E-state index contributed by atoms with van der Waals surface area (Å²) in [6.07, 6.45) is 3.11. The second-order valence-corrected chi connectivity index (χ2v) is 3.78. The van der Waals surface area contributed by atoms with Crippen molar-refractivity contribution in [3.05, 3.63) is 53.7 Å². The summed E-state index contributed by atoms with van der Waals surface area (Å²) >= 11 is 0. The molecule has 0 saturated carbocycles. The van der Waals surface area contributed by atoms with Gasteiger partial charge in [-0.2, -0.15) is 5.10 Å². The van der Waals surface area contributed by atoms with Crippen LogP contribution in [0, 0.1) is 6.92 Å². The van der Waals surface area contributed by atoms with Crippen LogP contribution in [-0.2, 0) is 0 Å². The molecule has 0 aliphatic rings. The molecule has 2 rings (SSSR count). The molecule has 0 aromatic carbocycles. The lowest BCUT2D eigenvalue weighted by Gasteiger charge is -2.00. The maximum atomic E-state index is 11.7. The molecule has 0 aliphatic carbocycles. The Hall–Kier alpha value is -2.43. The van der Waals surface area contributed by atoms with E-state index >= 15 is 0 Å². The Morgan fingerprint density at radius 2 is 2.00 bits per heavy atom. The number of carbonyl (C=O) groups is 1. The molecule has 0 spiro atoms. The van der Waals surface area contributed by atoms with Gasteiger partial charge in [0, 0.05) is 18.0 Å². The summed E-state index contributed by atoms with van der Waals surface area (Å²) in [6.45, 7) is 3.62. The van der Waals surface area contributed by atoms with Crippen LogP contribution in [0.15, 0.2) is 46.2 Å². The summed E-state index contributed by atoms with van der Waals surface area (Å²) in [6, 6.07) is 6.90. The number of carbonyl (C=O) groups excluding carboxylic acids is 1. The standard InChI is InChI=1S/C13H13N3O2/c1-9-3-4-12(18-9)10(2)15-16-13(17)11-5-7-14-8-6-11/h3-8H,1-2H3,(H,16,17)/b15-10+. The van der Waals surface area contributed by atoms with Crippen molar-refractivity contribution < 1.29 is 9.21 Å². The molecule has 0 bridgehead atoms. The third-order valence-electron chi connectivity index (χ3n) is 2.36. The average molecular weight is 243 g/mol. The maximum Gasteiger partial charge on any atom is 0.271 e. The molecule has 1 N–H and O–H groups in total. The van der Waals surface area contributed by atoms with Crippen molar-refractivity contribution in [1.82, 2.24) is 10.4 Å². The fraction of sp³-hybridized carbons (Fsp3) is 0.154. The van der Waals surface area contributed by atoms with Crippen LogP contribution in [0.25, 0.3) is 0 Å². The second kappa shape index (κ2) is 5.27. The van der Waals surface area contributed by atoms with E-state index in [1.54, 1.807) is 31.5 Å². The van der Waals surface area contributed by atoms with E-state index in [1.807, 2.05) is 19.1 Å². The fourth-order valence-electron chi connectivity index (χ4n) is 1.39. The van der Waals surface area contributed by atoms with Crippen LogP contribution in [-0.4, -0.2) is 16.6 Å². The van der Waals surface area contributed by atoms with Crippen molar-refractivity contribution in [3.8, 4) is 0 Å². The van der Waals surface area contributed by atoms with Gasteiger partial charge in [-0.25, -0.2) is 5.43 Å². The molecule has 5 heteroatoms. The number of hydrazone groups is 1. The molecular weight excluding hydrogens is 230 g/mol. The highest BCUT2D eigenvalue weighted by atomic mass is 16.3. The van der Waals surface area contributed by atoms with Crippen LogP contribution in [0.4, 0.5) is 0 Å². The molecule has 0 fully saturated rings. The lowest BCUT2D eigenvalue weighted by atomic mass is 10.2. The quantitative estimate of drug-likeness (QED) is 0.663. The third kappa shape index (κ3) is 2.82. The first-order valence-corrected chi connectivity index (χ1v) is 5.48. The number of hydrogen-bond acceptors (Lipinski definition) is 4. The van der Waals surface area contributed by atoms with E-state index in [2.05, 4.69) is 15.5 Å². The monoisotopic (exact) mass is 243 g/mol. The van der Waals surface area contributed by atoms with Crippen LogP contribution in [0.3, 0.4) is 0 Å². The molecule has 0 atom stereocenters.